The van der Waals surface area contributed by atoms with Crippen LogP contribution in [0.5, 0.6) is 0 Å². The van der Waals surface area contributed by atoms with Crippen LogP contribution in [0.1, 0.15) is 15.9 Å². The van der Waals surface area contributed by atoms with E-state index in [4.69, 9.17) is 0 Å². The van der Waals surface area contributed by atoms with E-state index in [9.17, 15) is 13.6 Å². The van der Waals surface area contributed by atoms with Crippen molar-refractivity contribution in [1.82, 2.24) is 4.98 Å². The van der Waals surface area contributed by atoms with E-state index in [1.54, 1.807) is 0 Å². The highest BCUT2D eigenvalue weighted by Crippen LogP contribution is 2.27. The van der Waals surface area contributed by atoms with E-state index in [1.807, 2.05) is 25.1 Å². The topological polar surface area (TPSA) is 42.0 Å². The SMILES string of the molecule is Cc1ccc2nc(NC(=O)c3ccc(F)c(F)c3)sc2c1. The number of nitrogens with zero attached hydrogens (tertiary/aromatic N) is 1. The molecule has 6 heteroatoms. The van der Waals surface area contributed by atoms with Crippen molar-refractivity contribution in [3.05, 3.63) is 59.2 Å². The van der Waals surface area contributed by atoms with Gasteiger partial charge in [0.15, 0.2) is 16.8 Å². The molecule has 0 radical (unpaired) electrons. The summed E-state index contributed by atoms with van der Waals surface area (Å²) in [6, 6.07) is 8.79. The van der Waals surface area contributed by atoms with Crippen molar-refractivity contribution < 1.29 is 13.6 Å². The molecule has 0 spiro atoms. The van der Waals surface area contributed by atoms with Crippen LogP contribution in [0.15, 0.2) is 36.4 Å². The Labute approximate surface area is 123 Å². The molecule has 0 unspecified atom stereocenters. The van der Waals surface area contributed by atoms with Gasteiger partial charge in [0, 0.05) is 5.56 Å². The highest BCUT2D eigenvalue weighted by atomic mass is 32.1. The number of hydrogen-bond acceptors (Lipinski definition) is 3. The predicted octanol–water partition coefficient (Wildman–Crippen LogP) is 4.14. The third-order valence-electron chi connectivity index (χ3n) is 2.95. The van der Waals surface area contributed by atoms with Gasteiger partial charge >= 0.3 is 0 Å². The maximum Gasteiger partial charge on any atom is 0.257 e. The maximum absolute atomic E-state index is 13.1. The fourth-order valence-corrected chi connectivity index (χ4v) is 2.85. The van der Waals surface area contributed by atoms with Crippen LogP contribution >= 0.6 is 11.3 Å². The molecule has 0 saturated carbocycles. The van der Waals surface area contributed by atoms with E-state index in [1.165, 1.54) is 17.4 Å². The van der Waals surface area contributed by atoms with Gasteiger partial charge < -0.3 is 0 Å². The summed E-state index contributed by atoms with van der Waals surface area (Å²) >= 11 is 1.33. The Bertz CT molecular complexity index is 845. The minimum absolute atomic E-state index is 0.0457. The number of halogens is 2. The highest BCUT2D eigenvalue weighted by molar-refractivity contribution is 7.22. The molecule has 0 bridgehead atoms. The molecule has 2 aromatic carbocycles. The molecule has 1 N–H and O–H groups in total. The molecule has 0 saturated heterocycles. The maximum atomic E-state index is 13.1. The lowest BCUT2D eigenvalue weighted by atomic mass is 10.2. The lowest BCUT2D eigenvalue weighted by Gasteiger charge is -2.01. The summed E-state index contributed by atoms with van der Waals surface area (Å²) in [6.07, 6.45) is 0. The van der Waals surface area contributed by atoms with Gasteiger partial charge in [0.25, 0.3) is 5.91 Å². The highest BCUT2D eigenvalue weighted by Gasteiger charge is 2.12. The average molecular weight is 304 g/mol. The van der Waals surface area contributed by atoms with Crippen LogP contribution in [0, 0.1) is 18.6 Å². The molecule has 1 heterocycles. The third-order valence-corrected chi connectivity index (χ3v) is 3.88. The number of fused-ring (bicyclic) bond motifs is 1. The van der Waals surface area contributed by atoms with Crippen molar-refractivity contribution in [3.8, 4) is 0 Å². The van der Waals surface area contributed by atoms with Crippen LogP contribution in [-0.4, -0.2) is 10.9 Å². The molecule has 0 atom stereocenters. The summed E-state index contributed by atoms with van der Waals surface area (Å²) in [5.74, 6) is -2.56. The van der Waals surface area contributed by atoms with E-state index in [-0.39, 0.29) is 5.56 Å². The van der Waals surface area contributed by atoms with Gasteiger partial charge in [-0.3, -0.25) is 10.1 Å². The largest absolute Gasteiger partial charge is 0.298 e. The van der Waals surface area contributed by atoms with Crippen LogP contribution in [0.4, 0.5) is 13.9 Å². The van der Waals surface area contributed by atoms with Crippen molar-refractivity contribution in [3.63, 3.8) is 0 Å². The molecule has 1 aromatic heterocycles. The van der Waals surface area contributed by atoms with E-state index < -0.39 is 17.5 Å². The minimum atomic E-state index is -1.05. The van der Waals surface area contributed by atoms with Crippen LogP contribution in [0.3, 0.4) is 0 Å². The molecule has 0 aliphatic carbocycles. The summed E-state index contributed by atoms with van der Waals surface area (Å²) in [7, 11) is 0. The average Bonchev–Trinajstić information content (AvgIpc) is 2.83. The summed E-state index contributed by atoms with van der Waals surface area (Å²) < 4.78 is 26.9. The zero-order valence-corrected chi connectivity index (χ0v) is 11.8. The zero-order chi connectivity index (χ0) is 15.0. The molecule has 106 valence electrons. The van der Waals surface area contributed by atoms with Crippen molar-refractivity contribution in [2.24, 2.45) is 0 Å². The first-order valence-corrected chi connectivity index (χ1v) is 6.98. The van der Waals surface area contributed by atoms with Crippen molar-refractivity contribution in [2.75, 3.05) is 5.32 Å². The molecule has 3 rings (SSSR count). The van der Waals surface area contributed by atoms with Gasteiger partial charge in [0.2, 0.25) is 0 Å². The number of aromatic nitrogens is 1. The van der Waals surface area contributed by atoms with Crippen LogP contribution < -0.4 is 5.32 Å². The Kier molecular flexibility index (Phi) is 3.39. The van der Waals surface area contributed by atoms with E-state index in [0.717, 1.165) is 27.9 Å². The first kappa shape index (κ1) is 13.6. The molecule has 3 aromatic rings. The summed E-state index contributed by atoms with van der Waals surface area (Å²) in [4.78, 5) is 16.3. The van der Waals surface area contributed by atoms with E-state index in [0.29, 0.717) is 5.13 Å². The Morgan fingerprint density at radius 2 is 1.95 bits per heavy atom. The Hall–Kier alpha value is -2.34. The summed E-state index contributed by atoms with van der Waals surface area (Å²) in [6.45, 7) is 1.97. The molecule has 3 nitrogen and oxygen atoms in total. The van der Waals surface area contributed by atoms with Crippen LogP contribution in [0.2, 0.25) is 0 Å². The molecule has 0 aliphatic heterocycles. The van der Waals surface area contributed by atoms with Gasteiger partial charge in [0.05, 0.1) is 10.2 Å². The van der Waals surface area contributed by atoms with Gasteiger partial charge in [0.1, 0.15) is 0 Å². The standard InChI is InChI=1S/C15H10F2N2OS/c1-8-2-5-12-13(6-8)21-15(18-12)19-14(20)9-3-4-10(16)11(17)7-9/h2-7H,1H3,(H,18,19,20). The lowest BCUT2D eigenvalue weighted by Crippen LogP contribution is -2.12. The quantitative estimate of drug-likeness (QED) is 0.773. The first-order valence-electron chi connectivity index (χ1n) is 6.16. The second-order valence-corrected chi connectivity index (χ2v) is 5.60. The van der Waals surface area contributed by atoms with E-state index >= 15 is 0 Å². The van der Waals surface area contributed by atoms with Crippen LogP contribution in [0.25, 0.3) is 10.2 Å². The van der Waals surface area contributed by atoms with Gasteiger partial charge in [-0.15, -0.1) is 0 Å². The van der Waals surface area contributed by atoms with Gasteiger partial charge in [-0.2, -0.15) is 0 Å². The summed E-state index contributed by atoms with van der Waals surface area (Å²) in [5, 5.41) is 3.01. The second-order valence-electron chi connectivity index (χ2n) is 4.57. The number of carbonyl (C=O) groups excluding carboxylic acids is 1. The number of aryl methyl sites for hydroxylation is 1. The van der Waals surface area contributed by atoms with Gasteiger partial charge in [-0.05, 0) is 42.8 Å². The monoisotopic (exact) mass is 304 g/mol. The Balaban J connectivity index is 1.87. The predicted molar refractivity (Wildman–Crippen MR) is 78.7 cm³/mol. The number of thiazole rings is 1. The molecule has 0 aliphatic rings. The smallest absolute Gasteiger partial charge is 0.257 e. The van der Waals surface area contributed by atoms with Crippen molar-refractivity contribution in [1.29, 1.82) is 0 Å². The number of hydrogen-bond donors (Lipinski definition) is 1. The number of nitrogens with one attached hydrogen (secondary N) is 1. The molecule has 0 fully saturated rings. The number of amides is 1. The third kappa shape index (κ3) is 2.75. The van der Waals surface area contributed by atoms with Gasteiger partial charge in [-0.1, -0.05) is 17.4 Å². The fraction of sp³-hybridized carbons (Fsp3) is 0.0667. The Morgan fingerprint density at radius 1 is 1.14 bits per heavy atom. The van der Waals surface area contributed by atoms with E-state index in [2.05, 4.69) is 10.3 Å². The zero-order valence-electron chi connectivity index (χ0n) is 11.0. The molecular formula is C15H10F2N2OS. The molecular weight excluding hydrogens is 294 g/mol. The number of rotatable bonds is 2. The van der Waals surface area contributed by atoms with Crippen molar-refractivity contribution >= 4 is 32.6 Å². The number of benzene rings is 2. The Morgan fingerprint density at radius 3 is 2.71 bits per heavy atom. The molecule has 21 heavy (non-hydrogen) atoms. The van der Waals surface area contributed by atoms with Gasteiger partial charge in [-0.25, -0.2) is 13.8 Å². The normalized spacial score (nSPS) is 10.8. The fourth-order valence-electron chi connectivity index (χ4n) is 1.89. The molecule has 1 amide bonds. The summed E-state index contributed by atoms with van der Waals surface area (Å²) in [5.41, 5.74) is 1.93. The second kappa shape index (κ2) is 5.21. The van der Waals surface area contributed by atoms with Crippen LogP contribution in [-0.2, 0) is 0 Å². The van der Waals surface area contributed by atoms with Crippen molar-refractivity contribution in [2.45, 2.75) is 6.92 Å². The first-order chi connectivity index (χ1) is 10.0. The number of anilines is 1. The number of carbonyl (C=O) groups is 1. The lowest BCUT2D eigenvalue weighted by molar-refractivity contribution is 0.102. The minimum Gasteiger partial charge on any atom is -0.298 e.